The average molecular weight is 371 g/mol. The van der Waals surface area contributed by atoms with Gasteiger partial charge in [-0.2, -0.15) is 0 Å². The van der Waals surface area contributed by atoms with Crippen molar-refractivity contribution in [3.63, 3.8) is 0 Å². The number of hydrogen-bond donors (Lipinski definition) is 2. The van der Waals surface area contributed by atoms with Crippen molar-refractivity contribution in [1.29, 1.82) is 0 Å². The van der Waals surface area contributed by atoms with E-state index in [1.54, 1.807) is 6.07 Å². The van der Waals surface area contributed by atoms with Crippen molar-refractivity contribution in [2.45, 2.75) is 6.92 Å². The van der Waals surface area contributed by atoms with E-state index in [0.717, 1.165) is 43.2 Å². The van der Waals surface area contributed by atoms with Gasteiger partial charge in [-0.25, -0.2) is 0 Å². The smallest absolute Gasteiger partial charge is 0.292 e. The van der Waals surface area contributed by atoms with E-state index in [2.05, 4.69) is 17.3 Å². The van der Waals surface area contributed by atoms with Gasteiger partial charge in [0.15, 0.2) is 0 Å². The van der Waals surface area contributed by atoms with E-state index in [-0.39, 0.29) is 10.6 Å². The van der Waals surface area contributed by atoms with Crippen LogP contribution in [0.5, 0.6) is 5.75 Å². The number of benzene rings is 2. The molecule has 0 aromatic heterocycles. The van der Waals surface area contributed by atoms with Crippen LogP contribution < -0.4 is 19.9 Å². The van der Waals surface area contributed by atoms with Gasteiger partial charge in [-0.05, 0) is 36.8 Å². The number of aryl methyl sites for hydroxylation is 1. The van der Waals surface area contributed by atoms with Crippen molar-refractivity contribution < 1.29 is 14.6 Å². The largest absolute Gasteiger partial charge is 0.492 e. The number of ether oxygens (including phenoxy) is 1. The van der Waals surface area contributed by atoms with Crippen molar-refractivity contribution in [1.82, 2.24) is 0 Å². The predicted molar refractivity (Wildman–Crippen MR) is 107 cm³/mol. The Labute approximate surface area is 159 Å². The highest BCUT2D eigenvalue weighted by atomic mass is 16.6. The maximum atomic E-state index is 11.4. The number of nitrogens with zero attached hydrogens (tertiary/aromatic N) is 2. The topological polar surface area (TPSA) is 72.1 Å². The molecule has 0 saturated carbocycles. The Morgan fingerprint density at radius 3 is 2.70 bits per heavy atom. The monoisotopic (exact) mass is 371 g/mol. The molecule has 0 bridgehead atoms. The first kappa shape index (κ1) is 19.0. The Morgan fingerprint density at radius 2 is 2.00 bits per heavy atom. The number of likely N-dealkylation sites (N-methyl/N-ethyl adjacent to an activating group) is 1. The number of anilines is 2. The van der Waals surface area contributed by atoms with E-state index < -0.39 is 0 Å². The molecule has 0 aliphatic carbocycles. The lowest BCUT2D eigenvalue weighted by Gasteiger charge is -2.32. The van der Waals surface area contributed by atoms with Crippen LogP contribution in [0.25, 0.3) is 0 Å². The van der Waals surface area contributed by atoms with Crippen molar-refractivity contribution in [3.05, 3.63) is 58.1 Å². The SMILES string of the molecule is Cc1cccc(OCCNc2cc(N3CC[NH+](C)CC3)ccc2[N+](=O)[O-])c1. The number of nitrogens with one attached hydrogen (secondary N) is 2. The lowest BCUT2D eigenvalue weighted by atomic mass is 10.2. The van der Waals surface area contributed by atoms with Gasteiger partial charge in [-0.3, -0.25) is 10.1 Å². The molecule has 1 aliphatic heterocycles. The Balaban J connectivity index is 1.63. The van der Waals surface area contributed by atoms with Gasteiger partial charge < -0.3 is 19.9 Å². The number of nitro benzene ring substituents is 1. The van der Waals surface area contributed by atoms with E-state index in [9.17, 15) is 10.1 Å². The zero-order valence-corrected chi connectivity index (χ0v) is 15.9. The summed E-state index contributed by atoms with van der Waals surface area (Å²) in [5, 5.41) is 14.5. The van der Waals surface area contributed by atoms with Gasteiger partial charge >= 0.3 is 0 Å². The first-order chi connectivity index (χ1) is 13.0. The normalized spacial score (nSPS) is 14.8. The third kappa shape index (κ3) is 5.10. The van der Waals surface area contributed by atoms with Gasteiger partial charge in [0.2, 0.25) is 0 Å². The number of piperazine rings is 1. The third-order valence-electron chi connectivity index (χ3n) is 4.83. The minimum Gasteiger partial charge on any atom is -0.492 e. The molecule has 0 spiro atoms. The summed E-state index contributed by atoms with van der Waals surface area (Å²) in [6, 6.07) is 13.1. The molecule has 144 valence electrons. The average Bonchev–Trinajstić information content (AvgIpc) is 2.65. The maximum absolute atomic E-state index is 11.4. The molecule has 1 fully saturated rings. The number of nitro groups is 1. The molecule has 0 amide bonds. The Kier molecular flexibility index (Phi) is 6.13. The number of hydrogen-bond acceptors (Lipinski definition) is 5. The highest BCUT2D eigenvalue weighted by Gasteiger charge is 2.20. The van der Waals surface area contributed by atoms with Crippen molar-refractivity contribution in [2.24, 2.45) is 0 Å². The minimum absolute atomic E-state index is 0.0917. The molecular formula is C20H27N4O3+. The van der Waals surface area contributed by atoms with Crippen LogP contribution in [-0.4, -0.2) is 51.3 Å². The standard InChI is InChI=1S/C20H26N4O3/c1-16-4-3-5-18(14-16)27-13-8-21-19-15-17(6-7-20(19)24(25)26)23-11-9-22(2)10-12-23/h3-7,14-15,21H,8-13H2,1-2H3/p+1. The fourth-order valence-electron chi connectivity index (χ4n) is 3.23. The second kappa shape index (κ2) is 8.73. The summed E-state index contributed by atoms with van der Waals surface area (Å²) < 4.78 is 5.72. The second-order valence-corrected chi connectivity index (χ2v) is 6.99. The number of quaternary nitrogens is 1. The predicted octanol–water partition coefficient (Wildman–Crippen LogP) is 1.73. The molecule has 7 nitrogen and oxygen atoms in total. The summed E-state index contributed by atoms with van der Waals surface area (Å²) in [6.07, 6.45) is 0. The van der Waals surface area contributed by atoms with Crippen LogP contribution >= 0.6 is 0 Å². The fraction of sp³-hybridized carbons (Fsp3) is 0.400. The van der Waals surface area contributed by atoms with Gasteiger partial charge in [-0.15, -0.1) is 0 Å². The first-order valence-electron chi connectivity index (χ1n) is 9.31. The van der Waals surface area contributed by atoms with Gasteiger partial charge in [0.1, 0.15) is 18.0 Å². The fourth-order valence-corrected chi connectivity index (χ4v) is 3.23. The van der Waals surface area contributed by atoms with Gasteiger partial charge in [0.25, 0.3) is 5.69 Å². The minimum atomic E-state index is -0.346. The Hall–Kier alpha value is -2.80. The van der Waals surface area contributed by atoms with Crippen LogP contribution in [0.1, 0.15) is 5.56 Å². The van der Waals surface area contributed by atoms with Crippen LogP contribution in [0.3, 0.4) is 0 Å². The molecule has 2 N–H and O–H groups in total. The van der Waals surface area contributed by atoms with Gasteiger partial charge in [0.05, 0.1) is 38.2 Å². The van der Waals surface area contributed by atoms with Gasteiger partial charge in [0, 0.05) is 18.3 Å². The van der Waals surface area contributed by atoms with Crippen molar-refractivity contribution in [2.75, 3.05) is 56.6 Å². The van der Waals surface area contributed by atoms with E-state index in [1.165, 1.54) is 4.90 Å². The molecule has 0 unspecified atom stereocenters. The van der Waals surface area contributed by atoms with Crippen LogP contribution in [0.4, 0.5) is 17.1 Å². The summed E-state index contributed by atoms with van der Waals surface area (Å²) in [6.45, 7) is 7.00. The number of rotatable bonds is 7. The van der Waals surface area contributed by atoms with Crippen LogP contribution in [0.15, 0.2) is 42.5 Å². The Morgan fingerprint density at radius 1 is 1.22 bits per heavy atom. The van der Waals surface area contributed by atoms with E-state index in [1.807, 2.05) is 43.3 Å². The van der Waals surface area contributed by atoms with Gasteiger partial charge in [-0.1, -0.05) is 12.1 Å². The van der Waals surface area contributed by atoms with Crippen LogP contribution in [0, 0.1) is 17.0 Å². The van der Waals surface area contributed by atoms with E-state index in [0.29, 0.717) is 18.8 Å². The lowest BCUT2D eigenvalue weighted by Crippen LogP contribution is -3.12. The third-order valence-corrected chi connectivity index (χ3v) is 4.83. The molecule has 3 rings (SSSR count). The molecule has 7 heteroatoms. The highest BCUT2D eigenvalue weighted by Crippen LogP contribution is 2.29. The maximum Gasteiger partial charge on any atom is 0.292 e. The summed E-state index contributed by atoms with van der Waals surface area (Å²) in [5.74, 6) is 0.806. The summed E-state index contributed by atoms with van der Waals surface area (Å²) in [7, 11) is 2.19. The molecule has 1 heterocycles. The van der Waals surface area contributed by atoms with Crippen molar-refractivity contribution in [3.8, 4) is 5.75 Å². The molecule has 27 heavy (non-hydrogen) atoms. The van der Waals surface area contributed by atoms with E-state index >= 15 is 0 Å². The quantitative estimate of drug-likeness (QED) is 0.441. The van der Waals surface area contributed by atoms with E-state index in [4.69, 9.17) is 4.74 Å². The lowest BCUT2D eigenvalue weighted by molar-refractivity contribution is -0.880. The molecule has 2 aromatic rings. The molecule has 0 atom stereocenters. The molecule has 1 saturated heterocycles. The summed E-state index contributed by atoms with van der Waals surface area (Å²) in [4.78, 5) is 14.8. The van der Waals surface area contributed by atoms with Crippen LogP contribution in [-0.2, 0) is 0 Å². The second-order valence-electron chi connectivity index (χ2n) is 6.99. The molecule has 1 aliphatic rings. The molecule has 0 radical (unpaired) electrons. The van der Waals surface area contributed by atoms with Crippen molar-refractivity contribution >= 4 is 17.1 Å². The molecule has 2 aromatic carbocycles. The highest BCUT2D eigenvalue weighted by molar-refractivity contribution is 5.69. The van der Waals surface area contributed by atoms with Crippen LogP contribution in [0.2, 0.25) is 0 Å². The Bertz CT molecular complexity index is 789. The first-order valence-corrected chi connectivity index (χ1v) is 9.31. The zero-order chi connectivity index (χ0) is 19.2. The molecular weight excluding hydrogens is 344 g/mol. The summed E-state index contributed by atoms with van der Waals surface area (Å²) >= 11 is 0. The summed E-state index contributed by atoms with van der Waals surface area (Å²) in [5.41, 5.74) is 2.79. The zero-order valence-electron chi connectivity index (χ0n) is 15.9.